The highest BCUT2D eigenvalue weighted by Crippen LogP contribution is 2.38. The number of esters is 1. The lowest BCUT2D eigenvalue weighted by atomic mass is 10.1. The van der Waals surface area contributed by atoms with Gasteiger partial charge in [0.05, 0.1) is 30.9 Å². The second-order valence-corrected chi connectivity index (χ2v) is 5.16. The van der Waals surface area contributed by atoms with Gasteiger partial charge >= 0.3 is 5.97 Å². The lowest BCUT2D eigenvalue weighted by Gasteiger charge is -2.15. The Morgan fingerprint density at radius 1 is 1.33 bits per heavy atom. The average molecular weight is 313 g/mol. The van der Waals surface area contributed by atoms with Gasteiger partial charge in [0.25, 0.3) is 5.78 Å². The lowest BCUT2D eigenvalue weighted by molar-refractivity contribution is -0.137. The Hall–Kier alpha value is -1.75. The minimum absolute atomic E-state index is 0.00452. The van der Waals surface area contributed by atoms with Gasteiger partial charge < -0.3 is 14.2 Å². The van der Waals surface area contributed by atoms with Crippen LogP contribution in [0.15, 0.2) is 12.1 Å². The quantitative estimate of drug-likeness (QED) is 0.440. The molecule has 21 heavy (non-hydrogen) atoms. The van der Waals surface area contributed by atoms with Crippen LogP contribution in [0.5, 0.6) is 11.5 Å². The molecule has 1 saturated carbocycles. The number of ether oxygens (including phenoxy) is 3. The Morgan fingerprint density at radius 2 is 2.05 bits per heavy atom. The van der Waals surface area contributed by atoms with Gasteiger partial charge in [-0.1, -0.05) is 11.6 Å². The molecule has 1 fully saturated rings. The first-order valence-corrected chi connectivity index (χ1v) is 7.17. The molecular weight excluding hydrogens is 296 g/mol. The van der Waals surface area contributed by atoms with Gasteiger partial charge in [-0.05, 0) is 37.8 Å². The van der Waals surface area contributed by atoms with Gasteiger partial charge in [-0.3, -0.25) is 4.79 Å². The predicted molar refractivity (Wildman–Crippen MR) is 77.2 cm³/mol. The van der Waals surface area contributed by atoms with E-state index in [0.717, 1.165) is 12.8 Å². The molecule has 0 bridgehead atoms. The highest BCUT2D eigenvalue weighted by molar-refractivity contribution is 6.46. The van der Waals surface area contributed by atoms with E-state index < -0.39 is 11.8 Å². The van der Waals surface area contributed by atoms with Crippen molar-refractivity contribution in [2.75, 3.05) is 20.3 Å². The van der Waals surface area contributed by atoms with Crippen molar-refractivity contribution in [2.24, 2.45) is 5.92 Å². The van der Waals surface area contributed by atoms with Crippen molar-refractivity contribution in [3.8, 4) is 11.5 Å². The Kier molecular flexibility index (Phi) is 5.07. The smallest absolute Gasteiger partial charge is 0.379 e. The van der Waals surface area contributed by atoms with Crippen LogP contribution in [0.25, 0.3) is 0 Å². The summed E-state index contributed by atoms with van der Waals surface area (Å²) in [7, 11) is 1.46. The molecule has 0 radical (unpaired) electrons. The fourth-order valence-corrected chi connectivity index (χ4v) is 2.07. The number of Topliss-reactive ketones (excluding diaryl/α,β-unsaturated/α-hetero) is 1. The maximum absolute atomic E-state index is 12.2. The van der Waals surface area contributed by atoms with E-state index in [9.17, 15) is 9.59 Å². The summed E-state index contributed by atoms with van der Waals surface area (Å²) >= 11 is 6.06. The van der Waals surface area contributed by atoms with Gasteiger partial charge in [0.1, 0.15) is 0 Å². The highest BCUT2D eigenvalue weighted by Gasteiger charge is 2.29. The second kappa shape index (κ2) is 6.80. The van der Waals surface area contributed by atoms with Gasteiger partial charge in [-0.2, -0.15) is 0 Å². The molecule has 0 aliphatic heterocycles. The van der Waals surface area contributed by atoms with Crippen LogP contribution in [0, 0.1) is 5.92 Å². The molecule has 0 atom stereocenters. The Labute approximate surface area is 128 Å². The summed E-state index contributed by atoms with van der Waals surface area (Å²) in [5, 5.41) is 0.139. The van der Waals surface area contributed by atoms with Crippen molar-refractivity contribution in [1.82, 2.24) is 0 Å². The molecule has 0 unspecified atom stereocenters. The summed E-state index contributed by atoms with van der Waals surface area (Å²) in [6, 6.07) is 3.10. The fourth-order valence-electron chi connectivity index (χ4n) is 1.84. The average Bonchev–Trinajstić information content (AvgIpc) is 3.29. The van der Waals surface area contributed by atoms with E-state index in [-0.39, 0.29) is 22.9 Å². The number of halogens is 1. The van der Waals surface area contributed by atoms with E-state index in [1.807, 2.05) is 0 Å². The number of rotatable bonds is 7. The third-order valence-corrected chi connectivity index (χ3v) is 3.45. The van der Waals surface area contributed by atoms with Crippen molar-refractivity contribution in [3.63, 3.8) is 0 Å². The number of carbonyl (C=O) groups excluding carboxylic acids is 2. The summed E-state index contributed by atoms with van der Waals surface area (Å²) in [5.41, 5.74) is -0.00452. The predicted octanol–water partition coefficient (Wildman–Crippen LogP) is 2.88. The first-order valence-electron chi connectivity index (χ1n) is 6.79. The number of methoxy groups -OCH3 is 1. The van der Waals surface area contributed by atoms with Crippen molar-refractivity contribution in [3.05, 3.63) is 22.7 Å². The Balaban J connectivity index is 2.35. The van der Waals surface area contributed by atoms with Gasteiger partial charge in [-0.25, -0.2) is 4.79 Å². The molecule has 114 valence electrons. The maximum Gasteiger partial charge on any atom is 0.379 e. The summed E-state index contributed by atoms with van der Waals surface area (Å²) in [6.07, 6.45) is 2.20. The first kappa shape index (κ1) is 15.6. The zero-order valence-electron chi connectivity index (χ0n) is 12.0. The van der Waals surface area contributed by atoms with Crippen molar-refractivity contribution in [2.45, 2.75) is 19.8 Å². The van der Waals surface area contributed by atoms with Crippen molar-refractivity contribution in [1.29, 1.82) is 0 Å². The SMILES string of the molecule is CCOC(=O)C(=O)c1c(Cl)ccc(OC)c1OCC1CC1. The topological polar surface area (TPSA) is 61.8 Å². The monoisotopic (exact) mass is 312 g/mol. The van der Waals surface area contributed by atoms with Crippen LogP contribution in [-0.2, 0) is 9.53 Å². The van der Waals surface area contributed by atoms with Gasteiger partial charge in [0, 0.05) is 0 Å². The van der Waals surface area contributed by atoms with Crippen LogP contribution >= 0.6 is 11.6 Å². The molecule has 1 aromatic rings. The van der Waals surface area contributed by atoms with Gasteiger partial charge in [0.15, 0.2) is 11.5 Å². The molecule has 0 saturated heterocycles. The molecule has 0 spiro atoms. The molecule has 1 aromatic carbocycles. The van der Waals surface area contributed by atoms with Crippen molar-refractivity contribution < 1.29 is 23.8 Å². The van der Waals surface area contributed by atoms with Crippen LogP contribution in [0.3, 0.4) is 0 Å². The van der Waals surface area contributed by atoms with Crippen LogP contribution in [0.1, 0.15) is 30.1 Å². The number of ketones is 1. The zero-order chi connectivity index (χ0) is 15.4. The standard InChI is InChI=1S/C15H17ClO5/c1-3-20-15(18)13(17)12-10(16)6-7-11(19-2)14(12)21-8-9-4-5-9/h6-7,9H,3-5,8H2,1-2H3. The minimum atomic E-state index is -0.955. The van der Waals surface area contributed by atoms with Gasteiger partial charge in [0.2, 0.25) is 0 Å². The molecule has 1 aliphatic rings. The Morgan fingerprint density at radius 3 is 2.62 bits per heavy atom. The molecule has 6 heteroatoms. The Bertz CT molecular complexity index is 551. The van der Waals surface area contributed by atoms with Gasteiger partial charge in [-0.15, -0.1) is 0 Å². The van der Waals surface area contributed by atoms with E-state index in [1.165, 1.54) is 13.2 Å². The summed E-state index contributed by atoms with van der Waals surface area (Å²) in [4.78, 5) is 23.9. The number of hydrogen-bond donors (Lipinski definition) is 0. The van der Waals surface area contributed by atoms with E-state index in [0.29, 0.717) is 18.3 Å². The molecule has 0 heterocycles. The second-order valence-electron chi connectivity index (χ2n) is 4.76. The molecule has 0 aromatic heterocycles. The first-order chi connectivity index (χ1) is 10.1. The zero-order valence-corrected chi connectivity index (χ0v) is 12.7. The van der Waals surface area contributed by atoms with Crippen LogP contribution in [-0.4, -0.2) is 32.1 Å². The molecule has 5 nitrogen and oxygen atoms in total. The summed E-state index contributed by atoms with van der Waals surface area (Å²) < 4.78 is 15.6. The van der Waals surface area contributed by atoms with Crippen molar-refractivity contribution >= 4 is 23.4 Å². The molecule has 2 rings (SSSR count). The van der Waals surface area contributed by atoms with E-state index >= 15 is 0 Å². The summed E-state index contributed by atoms with van der Waals surface area (Å²) in [6.45, 7) is 2.22. The largest absolute Gasteiger partial charge is 0.493 e. The summed E-state index contributed by atoms with van der Waals surface area (Å²) in [5.74, 6) is -0.725. The number of carbonyl (C=O) groups is 2. The lowest BCUT2D eigenvalue weighted by Crippen LogP contribution is -2.19. The molecule has 1 aliphatic carbocycles. The van der Waals surface area contributed by atoms with Crippen LogP contribution in [0.2, 0.25) is 5.02 Å². The molecular formula is C15H17ClO5. The minimum Gasteiger partial charge on any atom is -0.493 e. The van der Waals surface area contributed by atoms with E-state index in [2.05, 4.69) is 0 Å². The number of benzene rings is 1. The maximum atomic E-state index is 12.2. The van der Waals surface area contributed by atoms with E-state index in [1.54, 1.807) is 13.0 Å². The number of hydrogen-bond acceptors (Lipinski definition) is 5. The highest BCUT2D eigenvalue weighted by atomic mass is 35.5. The normalized spacial score (nSPS) is 13.7. The molecule has 0 amide bonds. The molecule has 0 N–H and O–H groups in total. The van der Waals surface area contributed by atoms with Crippen LogP contribution in [0.4, 0.5) is 0 Å². The third-order valence-electron chi connectivity index (χ3n) is 3.14. The van der Waals surface area contributed by atoms with Crippen LogP contribution < -0.4 is 9.47 Å². The van der Waals surface area contributed by atoms with E-state index in [4.69, 9.17) is 25.8 Å². The fraction of sp³-hybridized carbons (Fsp3) is 0.467. The third kappa shape index (κ3) is 3.67.